The molecule has 1 aromatic carbocycles. The third-order valence-corrected chi connectivity index (χ3v) is 5.00. The van der Waals surface area contributed by atoms with Gasteiger partial charge in [-0.15, -0.1) is 0 Å². The van der Waals surface area contributed by atoms with Crippen molar-refractivity contribution in [3.63, 3.8) is 0 Å². The van der Waals surface area contributed by atoms with E-state index in [0.717, 1.165) is 36.9 Å². The Morgan fingerprint density at radius 3 is 2.72 bits per heavy atom. The molecule has 3 amide bonds. The number of aromatic amines is 1. The Labute approximate surface area is 145 Å². The van der Waals surface area contributed by atoms with E-state index in [1.54, 1.807) is 11.1 Å². The minimum Gasteiger partial charge on any atom is -0.350 e. The zero-order chi connectivity index (χ0) is 17.2. The molecule has 1 saturated carbocycles. The summed E-state index contributed by atoms with van der Waals surface area (Å²) in [4.78, 5) is 26.3. The number of aromatic nitrogens is 2. The maximum Gasteiger partial charge on any atom is 0.322 e. The van der Waals surface area contributed by atoms with E-state index in [1.165, 1.54) is 0 Å². The molecule has 2 fully saturated rings. The van der Waals surface area contributed by atoms with Gasteiger partial charge in [0.2, 0.25) is 5.91 Å². The number of hydrogen-bond donors (Lipinski definition) is 3. The van der Waals surface area contributed by atoms with Gasteiger partial charge in [-0.3, -0.25) is 9.89 Å². The maximum absolute atomic E-state index is 12.7. The molecule has 2 aromatic rings. The summed E-state index contributed by atoms with van der Waals surface area (Å²) < 4.78 is 0. The molecule has 0 radical (unpaired) electrons. The molecule has 1 aromatic heterocycles. The Bertz CT molecular complexity index is 756. The van der Waals surface area contributed by atoms with E-state index in [-0.39, 0.29) is 30.6 Å². The fraction of sp³-hybridized carbons (Fsp3) is 0.389. The van der Waals surface area contributed by atoms with Gasteiger partial charge < -0.3 is 15.5 Å². The molecule has 1 aliphatic carbocycles. The molecule has 130 valence electrons. The summed E-state index contributed by atoms with van der Waals surface area (Å²) in [7, 11) is 0. The quantitative estimate of drug-likeness (QED) is 0.784. The predicted octanol–water partition coefficient (Wildman–Crippen LogP) is 2.35. The summed E-state index contributed by atoms with van der Waals surface area (Å²) >= 11 is 0. The lowest BCUT2D eigenvalue weighted by Crippen LogP contribution is -2.63. The number of carbonyl (C=O) groups is 2. The summed E-state index contributed by atoms with van der Waals surface area (Å²) in [5.41, 5.74) is 2.64. The highest BCUT2D eigenvalue weighted by Crippen LogP contribution is 2.26. The second-order valence-corrected chi connectivity index (χ2v) is 6.63. The zero-order valence-corrected chi connectivity index (χ0v) is 13.9. The van der Waals surface area contributed by atoms with E-state index in [4.69, 9.17) is 0 Å². The van der Waals surface area contributed by atoms with Crippen molar-refractivity contribution in [1.82, 2.24) is 20.4 Å². The van der Waals surface area contributed by atoms with Gasteiger partial charge in [0.1, 0.15) is 6.54 Å². The van der Waals surface area contributed by atoms with Crippen molar-refractivity contribution in [2.45, 2.75) is 37.8 Å². The Kier molecular flexibility index (Phi) is 4.13. The Balaban J connectivity index is 1.46. The van der Waals surface area contributed by atoms with Gasteiger partial charge in [0, 0.05) is 17.9 Å². The molecule has 25 heavy (non-hydrogen) atoms. The van der Waals surface area contributed by atoms with E-state index in [0.29, 0.717) is 5.69 Å². The lowest BCUT2D eigenvalue weighted by atomic mass is 9.87. The molecule has 0 bridgehead atoms. The zero-order valence-electron chi connectivity index (χ0n) is 13.9. The standard InChI is InChI=1S/C18H21N5O2/c24-17-11-23(16-4-2-1-3-15(16)21-17)18(25)20-13-7-5-12(6-8-13)14-9-10-19-22-14/h5-10,15-16H,1-4,11H2,(H,19,22)(H,20,25)(H,21,24)/t15-,16+/m1/s1. The number of rotatable bonds is 2. The number of amides is 3. The monoisotopic (exact) mass is 339 g/mol. The highest BCUT2D eigenvalue weighted by molar-refractivity contribution is 5.93. The van der Waals surface area contributed by atoms with Gasteiger partial charge in [-0.2, -0.15) is 5.10 Å². The molecular formula is C18H21N5O2. The number of benzene rings is 1. The molecule has 2 atom stereocenters. The molecule has 2 aliphatic rings. The molecule has 2 heterocycles. The van der Waals surface area contributed by atoms with Gasteiger partial charge in [0.15, 0.2) is 0 Å². The first-order chi connectivity index (χ1) is 12.2. The molecule has 4 rings (SSSR count). The van der Waals surface area contributed by atoms with Crippen molar-refractivity contribution in [2.24, 2.45) is 0 Å². The molecule has 0 spiro atoms. The first-order valence-corrected chi connectivity index (χ1v) is 8.67. The maximum atomic E-state index is 12.7. The van der Waals surface area contributed by atoms with Gasteiger partial charge in [0.05, 0.1) is 11.7 Å². The van der Waals surface area contributed by atoms with Crippen molar-refractivity contribution >= 4 is 17.6 Å². The van der Waals surface area contributed by atoms with Crippen LogP contribution in [0.25, 0.3) is 11.3 Å². The third kappa shape index (κ3) is 3.22. The number of nitrogens with zero attached hydrogens (tertiary/aromatic N) is 2. The molecule has 0 unspecified atom stereocenters. The van der Waals surface area contributed by atoms with Crippen LogP contribution in [0.5, 0.6) is 0 Å². The number of H-pyrrole nitrogens is 1. The number of fused-ring (bicyclic) bond motifs is 1. The fourth-order valence-corrected chi connectivity index (χ4v) is 3.74. The number of carbonyl (C=O) groups excluding carboxylic acids is 2. The van der Waals surface area contributed by atoms with Crippen LogP contribution in [0.1, 0.15) is 25.7 Å². The normalized spacial score (nSPS) is 22.9. The van der Waals surface area contributed by atoms with E-state index in [9.17, 15) is 9.59 Å². The first-order valence-electron chi connectivity index (χ1n) is 8.67. The topological polar surface area (TPSA) is 90.1 Å². The summed E-state index contributed by atoms with van der Waals surface area (Å²) in [5, 5.41) is 12.8. The SMILES string of the molecule is O=C1CN(C(=O)Nc2ccc(-c3ccn[nH]3)cc2)[C@H]2CCCC[C@H]2N1. The number of urea groups is 1. The predicted molar refractivity (Wildman–Crippen MR) is 93.9 cm³/mol. The first kappa shape index (κ1) is 15.7. The summed E-state index contributed by atoms with van der Waals surface area (Å²) in [6, 6.07) is 9.43. The van der Waals surface area contributed by atoms with Crippen molar-refractivity contribution in [3.05, 3.63) is 36.5 Å². The van der Waals surface area contributed by atoms with Gasteiger partial charge in [0.25, 0.3) is 0 Å². The molecular weight excluding hydrogens is 318 g/mol. The highest BCUT2D eigenvalue weighted by Gasteiger charge is 2.38. The van der Waals surface area contributed by atoms with Crippen molar-refractivity contribution in [1.29, 1.82) is 0 Å². The molecule has 7 nitrogen and oxygen atoms in total. The lowest BCUT2D eigenvalue weighted by molar-refractivity contribution is -0.126. The van der Waals surface area contributed by atoms with E-state index in [2.05, 4.69) is 20.8 Å². The van der Waals surface area contributed by atoms with Crippen LogP contribution in [-0.2, 0) is 4.79 Å². The Morgan fingerprint density at radius 2 is 1.96 bits per heavy atom. The molecule has 3 N–H and O–H groups in total. The second-order valence-electron chi connectivity index (χ2n) is 6.63. The molecule has 7 heteroatoms. The van der Waals surface area contributed by atoms with Crippen LogP contribution in [0.4, 0.5) is 10.5 Å². The fourth-order valence-electron chi connectivity index (χ4n) is 3.74. The number of piperazine rings is 1. The van der Waals surface area contributed by atoms with Crippen LogP contribution < -0.4 is 10.6 Å². The van der Waals surface area contributed by atoms with Crippen LogP contribution in [0.2, 0.25) is 0 Å². The minimum atomic E-state index is -0.207. The summed E-state index contributed by atoms with van der Waals surface area (Å²) in [6.45, 7) is 0.124. The second kappa shape index (κ2) is 6.58. The smallest absolute Gasteiger partial charge is 0.322 e. The largest absolute Gasteiger partial charge is 0.350 e. The van der Waals surface area contributed by atoms with Crippen molar-refractivity contribution < 1.29 is 9.59 Å². The van der Waals surface area contributed by atoms with Crippen LogP contribution in [0.3, 0.4) is 0 Å². The van der Waals surface area contributed by atoms with E-state index < -0.39 is 0 Å². The Morgan fingerprint density at radius 1 is 1.16 bits per heavy atom. The number of hydrogen-bond acceptors (Lipinski definition) is 3. The third-order valence-electron chi connectivity index (χ3n) is 5.00. The van der Waals surface area contributed by atoms with E-state index in [1.807, 2.05) is 30.3 Å². The number of anilines is 1. The van der Waals surface area contributed by atoms with E-state index >= 15 is 0 Å². The average molecular weight is 339 g/mol. The van der Waals surface area contributed by atoms with Crippen LogP contribution in [-0.4, -0.2) is 45.7 Å². The summed E-state index contributed by atoms with van der Waals surface area (Å²) in [6.07, 6.45) is 5.79. The average Bonchev–Trinajstić information content (AvgIpc) is 3.16. The van der Waals surface area contributed by atoms with Gasteiger partial charge in [-0.1, -0.05) is 25.0 Å². The van der Waals surface area contributed by atoms with Crippen LogP contribution in [0, 0.1) is 0 Å². The molecule has 1 aliphatic heterocycles. The van der Waals surface area contributed by atoms with Crippen LogP contribution >= 0.6 is 0 Å². The minimum absolute atomic E-state index is 0.0760. The van der Waals surface area contributed by atoms with Gasteiger partial charge >= 0.3 is 6.03 Å². The number of nitrogens with one attached hydrogen (secondary N) is 3. The van der Waals surface area contributed by atoms with Crippen molar-refractivity contribution in [2.75, 3.05) is 11.9 Å². The molecule has 1 saturated heterocycles. The van der Waals surface area contributed by atoms with Crippen LogP contribution in [0.15, 0.2) is 36.5 Å². The van der Waals surface area contributed by atoms with Gasteiger partial charge in [-0.25, -0.2) is 4.79 Å². The summed E-state index contributed by atoms with van der Waals surface area (Å²) in [5.74, 6) is -0.0760. The highest BCUT2D eigenvalue weighted by atomic mass is 16.2. The van der Waals surface area contributed by atoms with Gasteiger partial charge in [-0.05, 0) is 36.6 Å². The Hall–Kier alpha value is -2.83. The van der Waals surface area contributed by atoms with Crippen molar-refractivity contribution in [3.8, 4) is 11.3 Å². The lowest BCUT2D eigenvalue weighted by Gasteiger charge is -2.43.